The van der Waals surface area contributed by atoms with Gasteiger partial charge in [0.1, 0.15) is 5.82 Å². The van der Waals surface area contributed by atoms with Crippen LogP contribution >= 0.6 is 0 Å². The first kappa shape index (κ1) is 18.3. The Bertz CT molecular complexity index is 955. The van der Waals surface area contributed by atoms with Crippen LogP contribution in [0.3, 0.4) is 0 Å². The van der Waals surface area contributed by atoms with Crippen LogP contribution in [0.15, 0.2) is 48.7 Å². The van der Waals surface area contributed by atoms with E-state index in [-0.39, 0.29) is 11.7 Å². The van der Waals surface area contributed by atoms with Crippen molar-refractivity contribution < 1.29 is 13.9 Å². The number of nitrogens with one attached hydrogen (secondary N) is 1. The van der Waals surface area contributed by atoms with Crippen LogP contribution in [-0.2, 0) is 30.7 Å². The summed E-state index contributed by atoms with van der Waals surface area (Å²) < 4.78 is 20.5. The summed E-state index contributed by atoms with van der Waals surface area (Å²) in [5.41, 5.74) is 4.10. The number of carbonyl (C=O) groups excluding carboxylic acids is 1. The van der Waals surface area contributed by atoms with Crippen LogP contribution in [0.2, 0.25) is 0 Å². The molecule has 0 saturated carbocycles. The van der Waals surface area contributed by atoms with Crippen molar-refractivity contribution in [3.8, 4) is 0 Å². The molecule has 3 heterocycles. The number of amides is 1. The number of nitrogens with zero attached hydrogens (tertiary/aromatic N) is 3. The van der Waals surface area contributed by atoms with Gasteiger partial charge in [0.25, 0.3) is 5.91 Å². The van der Waals surface area contributed by atoms with Gasteiger partial charge < -0.3 is 10.1 Å². The standard InChI is InChI=1S/C21H21FN4O2/c22-16-6-4-15(5-7-16)13-26-19-9-12-28-14-18(19)20(25-26)21(27)24-11-8-17-3-1-2-10-23-17/h1-7,10H,8-9,11-14H2,(H,24,27). The first-order valence-electron chi connectivity index (χ1n) is 9.29. The highest BCUT2D eigenvalue weighted by molar-refractivity contribution is 5.94. The molecule has 0 spiro atoms. The lowest BCUT2D eigenvalue weighted by Gasteiger charge is -2.15. The predicted octanol–water partition coefficient (Wildman–Crippen LogP) is 2.51. The van der Waals surface area contributed by atoms with Gasteiger partial charge in [0.05, 0.1) is 19.8 Å². The van der Waals surface area contributed by atoms with E-state index < -0.39 is 0 Å². The first-order valence-corrected chi connectivity index (χ1v) is 9.29. The highest BCUT2D eigenvalue weighted by Crippen LogP contribution is 2.22. The topological polar surface area (TPSA) is 69.0 Å². The number of carbonyl (C=O) groups is 1. The summed E-state index contributed by atoms with van der Waals surface area (Å²) in [4.78, 5) is 17.0. The number of rotatable bonds is 6. The molecule has 1 aromatic carbocycles. The molecule has 1 aliphatic rings. The average molecular weight is 380 g/mol. The fraction of sp³-hybridized carbons (Fsp3) is 0.286. The van der Waals surface area contributed by atoms with E-state index >= 15 is 0 Å². The second kappa shape index (κ2) is 8.31. The molecule has 2 aromatic heterocycles. The molecule has 144 valence electrons. The Morgan fingerprint density at radius 1 is 1.21 bits per heavy atom. The summed E-state index contributed by atoms with van der Waals surface area (Å²) >= 11 is 0. The van der Waals surface area contributed by atoms with Crippen LogP contribution in [0.4, 0.5) is 4.39 Å². The monoisotopic (exact) mass is 380 g/mol. The molecule has 0 bridgehead atoms. The van der Waals surface area contributed by atoms with Crippen LogP contribution in [0.1, 0.15) is 33.0 Å². The largest absolute Gasteiger partial charge is 0.376 e. The van der Waals surface area contributed by atoms with E-state index in [1.54, 1.807) is 18.3 Å². The number of halogens is 1. The van der Waals surface area contributed by atoms with Crippen molar-refractivity contribution in [3.63, 3.8) is 0 Å². The summed E-state index contributed by atoms with van der Waals surface area (Å²) in [6.07, 6.45) is 3.09. The van der Waals surface area contributed by atoms with Gasteiger partial charge in [-0.15, -0.1) is 0 Å². The molecule has 1 N–H and O–H groups in total. The number of pyridine rings is 1. The van der Waals surface area contributed by atoms with Crippen molar-refractivity contribution >= 4 is 5.91 Å². The number of benzene rings is 1. The summed E-state index contributed by atoms with van der Waals surface area (Å²) in [6, 6.07) is 12.0. The van der Waals surface area contributed by atoms with Crippen LogP contribution in [0, 0.1) is 5.82 Å². The van der Waals surface area contributed by atoms with Crippen LogP contribution in [0.5, 0.6) is 0 Å². The van der Waals surface area contributed by atoms with Crippen molar-refractivity contribution in [2.45, 2.75) is 26.0 Å². The second-order valence-electron chi connectivity index (χ2n) is 6.69. The summed E-state index contributed by atoms with van der Waals surface area (Å²) in [5, 5.41) is 7.47. The van der Waals surface area contributed by atoms with Gasteiger partial charge in [0.2, 0.25) is 0 Å². The Kier molecular flexibility index (Phi) is 5.43. The van der Waals surface area contributed by atoms with Gasteiger partial charge in [-0.3, -0.25) is 14.5 Å². The van der Waals surface area contributed by atoms with Gasteiger partial charge in [-0.25, -0.2) is 4.39 Å². The minimum absolute atomic E-state index is 0.212. The van der Waals surface area contributed by atoms with E-state index in [2.05, 4.69) is 15.4 Å². The maximum Gasteiger partial charge on any atom is 0.272 e. The molecule has 0 radical (unpaired) electrons. The van der Waals surface area contributed by atoms with Crippen molar-refractivity contribution in [2.75, 3.05) is 13.2 Å². The summed E-state index contributed by atoms with van der Waals surface area (Å²) in [7, 11) is 0. The fourth-order valence-corrected chi connectivity index (χ4v) is 3.32. The van der Waals surface area contributed by atoms with Crippen LogP contribution in [-0.4, -0.2) is 33.8 Å². The molecule has 3 aromatic rings. The van der Waals surface area contributed by atoms with Crippen LogP contribution in [0.25, 0.3) is 0 Å². The zero-order valence-electron chi connectivity index (χ0n) is 15.4. The fourth-order valence-electron chi connectivity index (χ4n) is 3.32. The van der Waals surface area contributed by atoms with Gasteiger partial charge in [-0.05, 0) is 29.8 Å². The number of hydrogen-bond acceptors (Lipinski definition) is 4. The predicted molar refractivity (Wildman–Crippen MR) is 101 cm³/mol. The molecule has 1 amide bonds. The lowest BCUT2D eigenvalue weighted by atomic mass is 10.1. The molecule has 0 aliphatic carbocycles. The number of ether oxygens (including phenoxy) is 1. The van der Waals surface area contributed by atoms with Crippen molar-refractivity contribution in [2.24, 2.45) is 0 Å². The molecule has 6 nitrogen and oxygen atoms in total. The Morgan fingerprint density at radius 2 is 2.07 bits per heavy atom. The molecule has 0 atom stereocenters. The number of aromatic nitrogens is 3. The Morgan fingerprint density at radius 3 is 2.86 bits per heavy atom. The normalized spacial score (nSPS) is 13.2. The molecule has 0 fully saturated rings. The quantitative estimate of drug-likeness (QED) is 0.714. The first-order chi connectivity index (χ1) is 13.7. The van der Waals surface area contributed by atoms with Gasteiger partial charge in [-0.2, -0.15) is 5.10 Å². The van der Waals surface area contributed by atoms with Gasteiger partial charge in [0, 0.05) is 42.5 Å². The highest BCUT2D eigenvalue weighted by Gasteiger charge is 2.25. The Labute approximate surface area is 162 Å². The molecule has 7 heteroatoms. The van der Waals surface area contributed by atoms with Gasteiger partial charge in [-0.1, -0.05) is 18.2 Å². The molecular weight excluding hydrogens is 359 g/mol. The smallest absolute Gasteiger partial charge is 0.272 e. The van der Waals surface area contributed by atoms with E-state index in [1.807, 2.05) is 22.9 Å². The number of fused-ring (bicyclic) bond motifs is 1. The van der Waals surface area contributed by atoms with Crippen molar-refractivity contribution in [1.82, 2.24) is 20.1 Å². The van der Waals surface area contributed by atoms with Crippen molar-refractivity contribution in [1.29, 1.82) is 0 Å². The van der Waals surface area contributed by atoms with Gasteiger partial charge in [0.15, 0.2) is 5.69 Å². The average Bonchev–Trinajstić information content (AvgIpc) is 3.09. The third-order valence-corrected chi connectivity index (χ3v) is 4.75. The second-order valence-corrected chi connectivity index (χ2v) is 6.69. The van der Waals surface area contributed by atoms with Gasteiger partial charge >= 0.3 is 0 Å². The lowest BCUT2D eigenvalue weighted by Crippen LogP contribution is -2.27. The molecule has 0 unspecified atom stereocenters. The molecule has 0 saturated heterocycles. The maximum absolute atomic E-state index is 13.2. The zero-order valence-corrected chi connectivity index (χ0v) is 15.4. The third-order valence-electron chi connectivity index (χ3n) is 4.75. The lowest BCUT2D eigenvalue weighted by molar-refractivity contribution is 0.0925. The van der Waals surface area contributed by atoms with E-state index in [0.29, 0.717) is 44.8 Å². The SMILES string of the molecule is O=C(NCCc1ccccn1)c1nn(Cc2ccc(F)cc2)c2c1COCC2. The maximum atomic E-state index is 13.2. The summed E-state index contributed by atoms with van der Waals surface area (Å²) in [6.45, 7) is 1.95. The number of hydrogen-bond donors (Lipinski definition) is 1. The molecular formula is C21H21FN4O2. The van der Waals surface area contributed by atoms with E-state index in [9.17, 15) is 9.18 Å². The Balaban J connectivity index is 1.49. The highest BCUT2D eigenvalue weighted by atomic mass is 19.1. The third kappa shape index (κ3) is 4.09. The molecule has 1 aliphatic heterocycles. The van der Waals surface area contributed by atoms with E-state index in [4.69, 9.17) is 4.74 Å². The van der Waals surface area contributed by atoms with E-state index in [0.717, 1.165) is 22.5 Å². The minimum atomic E-state index is -0.271. The van der Waals surface area contributed by atoms with Crippen molar-refractivity contribution in [3.05, 3.63) is 82.7 Å². The Hall–Kier alpha value is -3.06. The minimum Gasteiger partial charge on any atom is -0.376 e. The zero-order chi connectivity index (χ0) is 19.3. The molecule has 4 rings (SSSR count). The van der Waals surface area contributed by atoms with Crippen LogP contribution < -0.4 is 5.32 Å². The van der Waals surface area contributed by atoms with E-state index in [1.165, 1.54) is 12.1 Å². The summed E-state index contributed by atoms with van der Waals surface area (Å²) in [5.74, 6) is -0.483. The molecule has 28 heavy (non-hydrogen) atoms.